The molecule has 3 rings (SSSR count). The number of allylic oxidation sites excluding steroid dienone is 3. The number of aromatic nitrogens is 2. The molecule has 0 aliphatic carbocycles. The van der Waals surface area contributed by atoms with E-state index in [1.165, 1.54) is 0 Å². The Morgan fingerprint density at radius 3 is 1.92 bits per heavy atom. The van der Waals surface area contributed by atoms with Gasteiger partial charge in [0.05, 0.1) is 0 Å². The summed E-state index contributed by atoms with van der Waals surface area (Å²) in [4.78, 5) is 8.49. The monoisotopic (exact) mass is 312 g/mol. The van der Waals surface area contributed by atoms with E-state index >= 15 is 0 Å². The predicted octanol–water partition coefficient (Wildman–Crippen LogP) is 5.79. The van der Waals surface area contributed by atoms with Crippen molar-refractivity contribution in [2.24, 2.45) is 0 Å². The Morgan fingerprint density at radius 2 is 1.50 bits per heavy atom. The van der Waals surface area contributed by atoms with E-state index in [-0.39, 0.29) is 0 Å². The topological polar surface area (TPSA) is 25.8 Å². The summed E-state index contributed by atoms with van der Waals surface area (Å²) in [6, 6.07) is 14.7. The van der Waals surface area contributed by atoms with Crippen LogP contribution < -0.4 is 0 Å². The third-order valence-electron chi connectivity index (χ3n) is 3.90. The molecule has 0 N–H and O–H groups in total. The highest BCUT2D eigenvalue weighted by Gasteiger charge is 2.07. The van der Waals surface area contributed by atoms with Gasteiger partial charge in [-0.15, -0.1) is 0 Å². The van der Waals surface area contributed by atoms with Gasteiger partial charge in [0.15, 0.2) is 0 Å². The number of rotatable bonds is 5. The molecule has 0 spiro atoms. The first-order chi connectivity index (χ1) is 11.8. The third-order valence-corrected chi connectivity index (χ3v) is 3.90. The average Bonchev–Trinajstić information content (AvgIpc) is 2.67. The van der Waals surface area contributed by atoms with E-state index in [1.807, 2.05) is 30.6 Å². The summed E-state index contributed by atoms with van der Waals surface area (Å²) in [5.74, 6) is 0. The van der Waals surface area contributed by atoms with Crippen LogP contribution in [0.5, 0.6) is 0 Å². The maximum atomic E-state index is 4.25. The molecule has 118 valence electrons. The van der Waals surface area contributed by atoms with Crippen molar-refractivity contribution in [3.63, 3.8) is 0 Å². The van der Waals surface area contributed by atoms with Crippen molar-refractivity contribution in [3.05, 3.63) is 91.5 Å². The fourth-order valence-electron chi connectivity index (χ4n) is 2.73. The maximum Gasteiger partial charge on any atom is 0.0346 e. The molecular formula is C22H20N2. The highest BCUT2D eigenvalue weighted by atomic mass is 14.6. The SMILES string of the molecule is C=C/C(=C\CC)c1cc(-c2cccnc2)cc(-c2cccnc2)c1. The predicted molar refractivity (Wildman–Crippen MR) is 101 cm³/mol. The van der Waals surface area contributed by atoms with Crippen LogP contribution in [-0.2, 0) is 0 Å². The third kappa shape index (κ3) is 3.49. The Kier molecular flexibility index (Phi) is 4.97. The van der Waals surface area contributed by atoms with E-state index in [2.05, 4.69) is 59.9 Å². The van der Waals surface area contributed by atoms with Gasteiger partial charge in [-0.25, -0.2) is 0 Å². The molecule has 0 saturated carbocycles. The van der Waals surface area contributed by atoms with Gasteiger partial charge in [-0.05, 0) is 59.0 Å². The first kappa shape index (κ1) is 15.9. The molecule has 1 aromatic carbocycles. The zero-order chi connectivity index (χ0) is 16.8. The summed E-state index contributed by atoms with van der Waals surface area (Å²) in [5, 5.41) is 0. The lowest BCUT2D eigenvalue weighted by Gasteiger charge is -2.11. The Balaban J connectivity index is 2.20. The summed E-state index contributed by atoms with van der Waals surface area (Å²) in [5.41, 5.74) is 6.79. The summed E-state index contributed by atoms with van der Waals surface area (Å²) < 4.78 is 0. The highest BCUT2D eigenvalue weighted by molar-refractivity contribution is 5.82. The Labute approximate surface area is 143 Å². The van der Waals surface area contributed by atoms with Crippen LogP contribution in [0.2, 0.25) is 0 Å². The van der Waals surface area contributed by atoms with E-state index in [4.69, 9.17) is 0 Å². The Bertz CT molecular complexity index is 792. The van der Waals surface area contributed by atoms with Gasteiger partial charge >= 0.3 is 0 Å². The number of pyridine rings is 2. The number of nitrogens with zero attached hydrogens (tertiary/aromatic N) is 2. The minimum Gasteiger partial charge on any atom is -0.264 e. The fourth-order valence-corrected chi connectivity index (χ4v) is 2.73. The van der Waals surface area contributed by atoms with Crippen LogP contribution in [0.1, 0.15) is 18.9 Å². The number of benzene rings is 1. The van der Waals surface area contributed by atoms with Gasteiger partial charge in [0, 0.05) is 35.9 Å². The molecule has 0 radical (unpaired) electrons. The molecule has 0 atom stereocenters. The molecule has 0 aliphatic heterocycles. The standard InChI is InChI=1S/C22H20N2/c1-3-7-17(4-2)20-12-21(18-8-5-10-23-15-18)14-22(13-20)19-9-6-11-24-16-19/h4-16H,2-3H2,1H3/b17-7+. The number of hydrogen-bond acceptors (Lipinski definition) is 2. The molecule has 0 aliphatic rings. The van der Waals surface area contributed by atoms with Crippen LogP contribution in [0.15, 0.2) is 86.0 Å². The van der Waals surface area contributed by atoms with Crippen LogP contribution in [-0.4, -0.2) is 9.97 Å². The first-order valence-electron chi connectivity index (χ1n) is 8.10. The summed E-state index contributed by atoms with van der Waals surface area (Å²) >= 11 is 0. The summed E-state index contributed by atoms with van der Waals surface area (Å²) in [6.45, 7) is 6.10. The average molecular weight is 312 g/mol. The molecule has 24 heavy (non-hydrogen) atoms. The molecule has 0 unspecified atom stereocenters. The van der Waals surface area contributed by atoms with Crippen LogP contribution in [0.3, 0.4) is 0 Å². The number of hydrogen-bond donors (Lipinski definition) is 0. The van der Waals surface area contributed by atoms with E-state index in [1.54, 1.807) is 12.4 Å². The zero-order valence-corrected chi connectivity index (χ0v) is 13.8. The van der Waals surface area contributed by atoms with E-state index in [0.717, 1.165) is 39.8 Å². The minimum atomic E-state index is 0.973. The molecular weight excluding hydrogens is 292 g/mol. The summed E-state index contributed by atoms with van der Waals surface area (Å²) in [6.07, 6.45) is 12.5. The quantitative estimate of drug-likeness (QED) is 0.557. The Morgan fingerprint density at radius 1 is 0.917 bits per heavy atom. The lowest BCUT2D eigenvalue weighted by molar-refractivity contribution is 1.23. The van der Waals surface area contributed by atoms with Gasteiger partial charge in [0.25, 0.3) is 0 Å². The van der Waals surface area contributed by atoms with Gasteiger partial charge in [0.2, 0.25) is 0 Å². The van der Waals surface area contributed by atoms with Crippen molar-refractivity contribution in [2.45, 2.75) is 13.3 Å². The maximum absolute atomic E-state index is 4.25. The van der Waals surface area contributed by atoms with Crippen molar-refractivity contribution in [1.82, 2.24) is 9.97 Å². The molecule has 2 nitrogen and oxygen atoms in total. The second-order valence-electron chi connectivity index (χ2n) is 5.55. The smallest absolute Gasteiger partial charge is 0.0346 e. The van der Waals surface area contributed by atoms with Crippen LogP contribution >= 0.6 is 0 Å². The summed E-state index contributed by atoms with van der Waals surface area (Å²) in [7, 11) is 0. The van der Waals surface area contributed by atoms with E-state index in [9.17, 15) is 0 Å². The van der Waals surface area contributed by atoms with Crippen molar-refractivity contribution in [2.75, 3.05) is 0 Å². The van der Waals surface area contributed by atoms with Crippen molar-refractivity contribution in [3.8, 4) is 22.3 Å². The Hall–Kier alpha value is -3.00. The molecule has 2 aromatic heterocycles. The first-order valence-corrected chi connectivity index (χ1v) is 8.10. The lowest BCUT2D eigenvalue weighted by Crippen LogP contribution is -1.89. The molecule has 0 amide bonds. The molecule has 0 bridgehead atoms. The van der Waals surface area contributed by atoms with Crippen LogP contribution in [0.25, 0.3) is 27.8 Å². The fraction of sp³-hybridized carbons (Fsp3) is 0.0909. The van der Waals surface area contributed by atoms with Gasteiger partial charge in [0.1, 0.15) is 0 Å². The van der Waals surface area contributed by atoms with Gasteiger partial charge in [-0.1, -0.05) is 37.8 Å². The second-order valence-corrected chi connectivity index (χ2v) is 5.55. The molecule has 3 aromatic rings. The van der Waals surface area contributed by atoms with Crippen molar-refractivity contribution in [1.29, 1.82) is 0 Å². The van der Waals surface area contributed by atoms with Gasteiger partial charge in [-0.2, -0.15) is 0 Å². The molecule has 0 saturated heterocycles. The molecule has 0 fully saturated rings. The van der Waals surface area contributed by atoms with Crippen molar-refractivity contribution >= 4 is 5.57 Å². The van der Waals surface area contributed by atoms with Crippen molar-refractivity contribution < 1.29 is 0 Å². The lowest BCUT2D eigenvalue weighted by atomic mass is 9.94. The molecule has 2 heteroatoms. The van der Waals surface area contributed by atoms with Gasteiger partial charge < -0.3 is 0 Å². The van der Waals surface area contributed by atoms with Crippen LogP contribution in [0, 0.1) is 0 Å². The van der Waals surface area contributed by atoms with Gasteiger partial charge in [-0.3, -0.25) is 9.97 Å². The van der Waals surface area contributed by atoms with E-state index in [0.29, 0.717) is 0 Å². The zero-order valence-electron chi connectivity index (χ0n) is 13.8. The normalized spacial score (nSPS) is 11.3. The second kappa shape index (κ2) is 7.51. The molecule has 2 heterocycles. The minimum absolute atomic E-state index is 0.973. The van der Waals surface area contributed by atoms with E-state index < -0.39 is 0 Å². The van der Waals surface area contributed by atoms with Crippen LogP contribution in [0.4, 0.5) is 0 Å². The highest BCUT2D eigenvalue weighted by Crippen LogP contribution is 2.30. The largest absolute Gasteiger partial charge is 0.264 e.